The van der Waals surface area contributed by atoms with Crippen LogP contribution in [0.3, 0.4) is 0 Å². The lowest BCUT2D eigenvalue weighted by molar-refractivity contribution is 0.504. The van der Waals surface area contributed by atoms with Crippen LogP contribution < -0.4 is 5.73 Å². The van der Waals surface area contributed by atoms with Crippen molar-refractivity contribution in [3.05, 3.63) is 71.0 Å². The normalized spacial score (nSPS) is 18.1. The van der Waals surface area contributed by atoms with Crippen LogP contribution in [0.5, 0.6) is 0 Å². The first kappa shape index (κ1) is 12.4. The van der Waals surface area contributed by atoms with E-state index < -0.39 is 0 Å². The predicted octanol–water partition coefficient (Wildman–Crippen LogP) is 3.87. The minimum absolute atomic E-state index is 0.0735. The first-order valence-electron chi connectivity index (χ1n) is 6.71. The molecule has 19 heavy (non-hydrogen) atoms. The van der Waals surface area contributed by atoms with E-state index in [0.717, 1.165) is 18.4 Å². The molecule has 2 aromatic carbocycles. The maximum Gasteiger partial charge on any atom is 0.128 e. The largest absolute Gasteiger partial charge is 0.323 e. The lowest BCUT2D eigenvalue weighted by Gasteiger charge is -2.25. The maximum atomic E-state index is 14.0. The highest BCUT2D eigenvalue weighted by atomic mass is 19.1. The van der Waals surface area contributed by atoms with Gasteiger partial charge in [0.15, 0.2) is 0 Å². The third-order valence-corrected chi connectivity index (χ3v) is 4.22. The Morgan fingerprint density at radius 3 is 2.42 bits per heavy atom. The van der Waals surface area contributed by atoms with Crippen molar-refractivity contribution in [2.24, 2.45) is 5.73 Å². The van der Waals surface area contributed by atoms with Crippen LogP contribution in [0.25, 0.3) is 0 Å². The van der Waals surface area contributed by atoms with Crippen LogP contribution in [-0.2, 0) is 5.41 Å². The van der Waals surface area contributed by atoms with Crippen molar-refractivity contribution in [3.8, 4) is 0 Å². The van der Waals surface area contributed by atoms with Crippen LogP contribution in [0.1, 0.15) is 35.6 Å². The summed E-state index contributed by atoms with van der Waals surface area (Å²) in [6.45, 7) is 1.97. The van der Waals surface area contributed by atoms with Crippen LogP contribution in [0.15, 0.2) is 48.5 Å². The van der Waals surface area contributed by atoms with E-state index in [1.165, 1.54) is 11.6 Å². The third kappa shape index (κ3) is 2.06. The standard InChI is InChI=1S/C17H18FN/c1-12-7-8-15(18)14(11-12)16(19)17(9-10-17)13-5-3-2-4-6-13/h2-8,11,16H,9-10,19H2,1H3. The van der Waals surface area contributed by atoms with Gasteiger partial charge in [0.25, 0.3) is 0 Å². The summed E-state index contributed by atoms with van der Waals surface area (Å²) in [5.74, 6) is -0.194. The van der Waals surface area contributed by atoms with Crippen LogP contribution in [0, 0.1) is 12.7 Å². The average Bonchev–Trinajstić information content (AvgIpc) is 3.23. The molecule has 1 fully saturated rings. The smallest absolute Gasteiger partial charge is 0.128 e. The van der Waals surface area contributed by atoms with E-state index in [1.807, 2.05) is 31.2 Å². The lowest BCUT2D eigenvalue weighted by Crippen LogP contribution is -2.27. The third-order valence-electron chi connectivity index (χ3n) is 4.22. The zero-order valence-electron chi connectivity index (χ0n) is 11.1. The molecule has 0 saturated heterocycles. The Bertz CT molecular complexity index is 587. The molecule has 0 aromatic heterocycles. The van der Waals surface area contributed by atoms with Crippen LogP contribution in [0.4, 0.5) is 4.39 Å². The number of aryl methyl sites for hydroxylation is 1. The van der Waals surface area contributed by atoms with Gasteiger partial charge < -0.3 is 5.73 Å². The molecule has 0 bridgehead atoms. The summed E-state index contributed by atoms with van der Waals surface area (Å²) in [6, 6.07) is 15.2. The Morgan fingerprint density at radius 2 is 1.79 bits per heavy atom. The molecule has 0 amide bonds. The van der Waals surface area contributed by atoms with Crippen molar-refractivity contribution in [1.29, 1.82) is 0 Å². The predicted molar refractivity (Wildman–Crippen MR) is 75.4 cm³/mol. The van der Waals surface area contributed by atoms with Crippen LogP contribution >= 0.6 is 0 Å². The summed E-state index contributed by atoms with van der Waals surface area (Å²) in [6.07, 6.45) is 2.07. The van der Waals surface area contributed by atoms with E-state index in [2.05, 4.69) is 12.1 Å². The topological polar surface area (TPSA) is 26.0 Å². The van der Waals surface area contributed by atoms with Gasteiger partial charge in [0.2, 0.25) is 0 Å². The summed E-state index contributed by atoms with van der Waals surface area (Å²) >= 11 is 0. The van der Waals surface area contributed by atoms with E-state index in [-0.39, 0.29) is 17.3 Å². The van der Waals surface area contributed by atoms with Gasteiger partial charge in [-0.3, -0.25) is 0 Å². The summed E-state index contributed by atoms with van der Waals surface area (Å²) < 4.78 is 14.0. The van der Waals surface area contributed by atoms with Gasteiger partial charge in [-0.1, -0.05) is 48.0 Å². The highest BCUT2D eigenvalue weighted by Crippen LogP contribution is 2.55. The Morgan fingerprint density at radius 1 is 1.11 bits per heavy atom. The average molecular weight is 255 g/mol. The molecule has 2 N–H and O–H groups in total. The second-order valence-electron chi connectivity index (χ2n) is 5.52. The Balaban J connectivity index is 2.00. The lowest BCUT2D eigenvalue weighted by atomic mass is 9.84. The van der Waals surface area contributed by atoms with Gasteiger partial charge in [0.05, 0.1) is 0 Å². The molecule has 0 aliphatic heterocycles. The molecule has 3 rings (SSSR count). The van der Waals surface area contributed by atoms with Crippen molar-refractivity contribution in [2.45, 2.75) is 31.2 Å². The molecule has 2 heteroatoms. The van der Waals surface area contributed by atoms with E-state index in [9.17, 15) is 4.39 Å². The second-order valence-corrected chi connectivity index (χ2v) is 5.52. The van der Waals surface area contributed by atoms with Gasteiger partial charge in [0, 0.05) is 17.0 Å². The molecular formula is C17H18FN. The van der Waals surface area contributed by atoms with E-state index in [1.54, 1.807) is 6.07 Å². The Labute approximate surface area is 113 Å². The highest BCUT2D eigenvalue weighted by molar-refractivity contribution is 5.39. The second kappa shape index (κ2) is 4.46. The quantitative estimate of drug-likeness (QED) is 0.885. The number of halogens is 1. The van der Waals surface area contributed by atoms with Crippen molar-refractivity contribution in [2.75, 3.05) is 0 Å². The van der Waals surface area contributed by atoms with Crippen molar-refractivity contribution in [1.82, 2.24) is 0 Å². The number of hydrogen-bond donors (Lipinski definition) is 1. The molecule has 1 aliphatic carbocycles. The Hall–Kier alpha value is -1.67. The van der Waals surface area contributed by atoms with Crippen LogP contribution in [-0.4, -0.2) is 0 Å². The molecule has 1 atom stereocenters. The molecule has 1 saturated carbocycles. The van der Waals surface area contributed by atoms with E-state index >= 15 is 0 Å². The van der Waals surface area contributed by atoms with Crippen molar-refractivity contribution >= 4 is 0 Å². The number of nitrogens with two attached hydrogens (primary N) is 1. The minimum atomic E-state index is -0.269. The minimum Gasteiger partial charge on any atom is -0.323 e. The number of rotatable bonds is 3. The summed E-state index contributed by atoms with van der Waals surface area (Å²) in [5.41, 5.74) is 9.24. The molecule has 2 aromatic rings. The summed E-state index contributed by atoms with van der Waals surface area (Å²) in [5, 5.41) is 0. The van der Waals surface area contributed by atoms with Gasteiger partial charge in [-0.2, -0.15) is 0 Å². The summed E-state index contributed by atoms with van der Waals surface area (Å²) in [7, 11) is 0. The van der Waals surface area contributed by atoms with Gasteiger partial charge in [-0.15, -0.1) is 0 Å². The molecule has 0 radical (unpaired) electrons. The highest BCUT2D eigenvalue weighted by Gasteiger charge is 2.50. The van der Waals surface area contributed by atoms with Gasteiger partial charge in [-0.25, -0.2) is 4.39 Å². The van der Waals surface area contributed by atoms with Gasteiger partial charge in [0.1, 0.15) is 5.82 Å². The fourth-order valence-electron chi connectivity index (χ4n) is 2.88. The van der Waals surface area contributed by atoms with Crippen LogP contribution in [0.2, 0.25) is 0 Å². The molecule has 1 aliphatic rings. The first-order chi connectivity index (χ1) is 9.13. The molecule has 1 unspecified atom stereocenters. The Kier molecular flexibility index (Phi) is 2.90. The maximum absolute atomic E-state index is 14.0. The fourth-order valence-corrected chi connectivity index (χ4v) is 2.88. The van der Waals surface area contributed by atoms with E-state index in [0.29, 0.717) is 5.56 Å². The number of hydrogen-bond acceptors (Lipinski definition) is 1. The van der Waals surface area contributed by atoms with Crippen molar-refractivity contribution < 1.29 is 4.39 Å². The monoisotopic (exact) mass is 255 g/mol. The van der Waals surface area contributed by atoms with Gasteiger partial charge >= 0.3 is 0 Å². The van der Waals surface area contributed by atoms with Crippen molar-refractivity contribution in [3.63, 3.8) is 0 Å². The molecule has 98 valence electrons. The molecule has 1 nitrogen and oxygen atoms in total. The molecule has 0 spiro atoms. The fraction of sp³-hybridized carbons (Fsp3) is 0.294. The first-order valence-corrected chi connectivity index (χ1v) is 6.71. The van der Waals surface area contributed by atoms with E-state index in [4.69, 9.17) is 5.73 Å². The summed E-state index contributed by atoms with van der Waals surface area (Å²) in [4.78, 5) is 0. The SMILES string of the molecule is Cc1ccc(F)c(C(N)C2(c3ccccc3)CC2)c1. The molecular weight excluding hydrogens is 237 g/mol. The zero-order valence-corrected chi connectivity index (χ0v) is 11.1. The van der Waals surface area contributed by atoms with Gasteiger partial charge in [-0.05, 0) is 31.4 Å². The zero-order chi connectivity index (χ0) is 13.5. The number of benzene rings is 2. The molecule has 0 heterocycles.